The number of carbonyl (C=O) groups is 2. The molecule has 188 valence electrons. The minimum absolute atomic E-state index is 0.0674. The number of aromatic amines is 1. The van der Waals surface area contributed by atoms with Crippen LogP contribution in [-0.2, 0) is 4.79 Å². The minimum atomic E-state index is -5.11. The number of imide groups is 1. The molecule has 0 unspecified atom stereocenters. The van der Waals surface area contributed by atoms with Crippen LogP contribution in [0.15, 0.2) is 36.8 Å². The van der Waals surface area contributed by atoms with E-state index in [4.69, 9.17) is 4.74 Å². The molecule has 3 heterocycles. The Balaban J connectivity index is 1.25. The summed E-state index contributed by atoms with van der Waals surface area (Å²) in [6, 6.07) is 3.81. The van der Waals surface area contributed by atoms with Gasteiger partial charge < -0.3 is 14.5 Å². The van der Waals surface area contributed by atoms with Crippen molar-refractivity contribution in [1.82, 2.24) is 19.9 Å². The van der Waals surface area contributed by atoms with E-state index in [2.05, 4.69) is 19.7 Å². The van der Waals surface area contributed by atoms with E-state index < -0.39 is 41.0 Å². The second-order valence-electron chi connectivity index (χ2n) is 9.37. The van der Waals surface area contributed by atoms with E-state index in [9.17, 15) is 27.2 Å². The number of amides is 3. The van der Waals surface area contributed by atoms with Crippen LogP contribution in [0.3, 0.4) is 0 Å². The number of nitrogens with zero attached hydrogens (tertiary/aromatic N) is 4. The van der Waals surface area contributed by atoms with Crippen molar-refractivity contribution in [2.45, 2.75) is 49.6 Å². The third-order valence-corrected chi connectivity index (χ3v) is 7.27. The maximum absolute atomic E-state index is 13.9. The van der Waals surface area contributed by atoms with E-state index >= 15 is 0 Å². The summed E-state index contributed by atoms with van der Waals surface area (Å²) in [5, 5.41) is 0.726. The summed E-state index contributed by atoms with van der Waals surface area (Å²) in [4.78, 5) is 40.1. The Bertz CT molecular complexity index is 1380. The smallest absolute Gasteiger partial charge is 0.470 e. The summed E-state index contributed by atoms with van der Waals surface area (Å²) >= 11 is 0. The van der Waals surface area contributed by atoms with Gasteiger partial charge in [-0.05, 0) is 43.9 Å². The average Bonchev–Trinajstić information content (AvgIpc) is 3.57. The number of rotatable bonds is 5. The van der Waals surface area contributed by atoms with Crippen LogP contribution in [0.4, 0.5) is 28.0 Å². The molecule has 3 fully saturated rings. The summed E-state index contributed by atoms with van der Waals surface area (Å²) in [7, 11) is 0. The fourth-order valence-corrected chi connectivity index (χ4v) is 5.73. The normalized spacial score (nSPS) is 25.9. The van der Waals surface area contributed by atoms with Gasteiger partial charge in [0.25, 0.3) is 5.91 Å². The zero-order valence-corrected chi connectivity index (χ0v) is 18.6. The summed E-state index contributed by atoms with van der Waals surface area (Å²) in [6.45, 7) is -0.374. The number of anilines is 1. The molecule has 3 amide bonds. The number of halogens is 4. The first kappa shape index (κ1) is 22.6. The van der Waals surface area contributed by atoms with E-state index in [0.29, 0.717) is 43.6 Å². The molecule has 2 bridgehead atoms. The Hall–Kier alpha value is -3.90. The number of hydrogen-bond donors (Lipinski definition) is 1. The summed E-state index contributed by atoms with van der Waals surface area (Å²) in [5.74, 6) is -2.37. The molecule has 1 aromatic carbocycles. The Morgan fingerprint density at radius 3 is 2.58 bits per heavy atom. The third kappa shape index (κ3) is 3.52. The predicted octanol–water partition coefficient (Wildman–Crippen LogP) is 4.30. The SMILES string of the molecule is O=C1CN(c2ccc(F)c(OC(F)(F)F)c2)C(=O)N1C12CCC(Oc3ncnc4[nH]ccc34)(CC1)C2. The van der Waals surface area contributed by atoms with Gasteiger partial charge in [-0.3, -0.25) is 14.6 Å². The second-order valence-corrected chi connectivity index (χ2v) is 9.37. The molecule has 1 saturated heterocycles. The fraction of sp³-hybridized carbons (Fsp3) is 0.391. The van der Waals surface area contributed by atoms with Gasteiger partial charge >= 0.3 is 12.4 Å². The number of benzene rings is 1. The van der Waals surface area contributed by atoms with Crippen molar-refractivity contribution in [3.63, 3.8) is 0 Å². The quantitative estimate of drug-likeness (QED) is 0.410. The zero-order valence-electron chi connectivity index (χ0n) is 18.6. The molecule has 9 nitrogen and oxygen atoms in total. The number of carbonyl (C=O) groups excluding carboxylic acids is 2. The monoisotopic (exact) mass is 505 g/mol. The van der Waals surface area contributed by atoms with Crippen LogP contribution in [0.2, 0.25) is 0 Å². The number of nitrogens with one attached hydrogen (secondary N) is 1. The maximum atomic E-state index is 13.9. The van der Waals surface area contributed by atoms with Gasteiger partial charge in [-0.15, -0.1) is 13.2 Å². The first-order chi connectivity index (χ1) is 17.1. The molecule has 2 saturated carbocycles. The fourth-order valence-electron chi connectivity index (χ4n) is 5.73. The van der Waals surface area contributed by atoms with Crippen molar-refractivity contribution in [1.29, 1.82) is 0 Å². The molecule has 1 aliphatic heterocycles. The van der Waals surface area contributed by atoms with E-state index in [0.717, 1.165) is 28.5 Å². The van der Waals surface area contributed by atoms with Crippen LogP contribution in [-0.4, -0.2) is 55.8 Å². The van der Waals surface area contributed by atoms with E-state index in [-0.39, 0.29) is 12.2 Å². The van der Waals surface area contributed by atoms with Gasteiger partial charge in [0.05, 0.1) is 10.9 Å². The predicted molar refractivity (Wildman–Crippen MR) is 116 cm³/mol. The summed E-state index contributed by atoms with van der Waals surface area (Å²) in [5.41, 5.74) is -0.830. The zero-order chi connectivity index (χ0) is 25.3. The van der Waals surface area contributed by atoms with Gasteiger partial charge in [-0.1, -0.05) is 0 Å². The third-order valence-electron chi connectivity index (χ3n) is 7.27. The van der Waals surface area contributed by atoms with Crippen LogP contribution in [0.25, 0.3) is 11.0 Å². The molecule has 0 spiro atoms. The van der Waals surface area contributed by atoms with Crippen LogP contribution >= 0.6 is 0 Å². The molecule has 0 atom stereocenters. The summed E-state index contributed by atoms with van der Waals surface area (Å²) in [6.07, 6.45) is 0.660. The molecule has 36 heavy (non-hydrogen) atoms. The number of hydrogen-bond acceptors (Lipinski definition) is 6. The lowest BCUT2D eigenvalue weighted by atomic mass is 9.91. The highest BCUT2D eigenvalue weighted by Gasteiger charge is 2.63. The lowest BCUT2D eigenvalue weighted by Crippen LogP contribution is -2.49. The largest absolute Gasteiger partial charge is 0.573 e. The Kier molecular flexibility index (Phi) is 4.73. The van der Waals surface area contributed by atoms with Gasteiger partial charge in [0.15, 0.2) is 11.6 Å². The van der Waals surface area contributed by atoms with Crippen LogP contribution in [0.5, 0.6) is 11.6 Å². The van der Waals surface area contributed by atoms with Crippen LogP contribution < -0.4 is 14.4 Å². The summed E-state index contributed by atoms with van der Waals surface area (Å²) < 4.78 is 61.9. The van der Waals surface area contributed by atoms with Crippen LogP contribution in [0.1, 0.15) is 32.1 Å². The molecule has 13 heteroatoms. The second kappa shape index (κ2) is 7.55. The molecular weight excluding hydrogens is 486 g/mol. The molecule has 1 N–H and O–H groups in total. The molecule has 2 aromatic heterocycles. The van der Waals surface area contributed by atoms with Crippen molar-refractivity contribution in [3.05, 3.63) is 42.6 Å². The van der Waals surface area contributed by atoms with E-state index in [1.807, 2.05) is 6.07 Å². The van der Waals surface area contributed by atoms with Crippen molar-refractivity contribution < 1.29 is 36.6 Å². The van der Waals surface area contributed by atoms with Gasteiger partial charge in [0, 0.05) is 24.4 Å². The lowest BCUT2D eigenvalue weighted by molar-refractivity contribution is -0.275. The molecule has 2 aliphatic carbocycles. The molecular formula is C23H19F4N5O4. The number of H-pyrrole nitrogens is 1. The molecule has 6 rings (SSSR count). The highest BCUT2D eigenvalue weighted by molar-refractivity contribution is 6.13. The number of urea groups is 1. The van der Waals surface area contributed by atoms with Crippen LogP contribution in [0, 0.1) is 5.82 Å². The average molecular weight is 505 g/mol. The van der Waals surface area contributed by atoms with E-state index in [1.165, 1.54) is 11.2 Å². The highest BCUT2D eigenvalue weighted by atomic mass is 19.4. The molecule has 0 radical (unpaired) electrons. The topological polar surface area (TPSA) is 101 Å². The Morgan fingerprint density at radius 2 is 1.83 bits per heavy atom. The first-order valence-corrected chi connectivity index (χ1v) is 11.3. The van der Waals surface area contributed by atoms with Gasteiger partial charge in [0.1, 0.15) is 24.1 Å². The first-order valence-electron chi connectivity index (χ1n) is 11.3. The standard InChI is InChI=1S/C23H19F4N5O4/c24-15-2-1-13(9-16(15)35-23(25,26)27)31-10-17(33)32(20(31)34)21-4-6-22(11-21,7-5-21)36-19-14-3-8-28-18(14)29-12-30-19/h1-3,8-9,12H,4-7,10-11H2,(H,28,29,30). The van der Waals surface area contributed by atoms with Crippen molar-refractivity contribution in [2.24, 2.45) is 0 Å². The molecule has 3 aliphatic rings. The lowest BCUT2D eigenvalue weighted by Gasteiger charge is -2.34. The molecule has 3 aromatic rings. The van der Waals surface area contributed by atoms with Crippen molar-refractivity contribution in [3.8, 4) is 11.6 Å². The number of aromatic nitrogens is 3. The maximum Gasteiger partial charge on any atom is 0.573 e. The number of ether oxygens (including phenoxy) is 2. The Morgan fingerprint density at radius 1 is 1.06 bits per heavy atom. The highest BCUT2D eigenvalue weighted by Crippen LogP contribution is 2.56. The van der Waals surface area contributed by atoms with Crippen molar-refractivity contribution in [2.75, 3.05) is 11.4 Å². The van der Waals surface area contributed by atoms with Gasteiger partial charge in [-0.2, -0.15) is 0 Å². The Labute approximate surface area is 201 Å². The number of fused-ring (bicyclic) bond motifs is 3. The number of alkyl halides is 3. The van der Waals surface area contributed by atoms with Gasteiger partial charge in [-0.25, -0.2) is 19.2 Å². The van der Waals surface area contributed by atoms with Crippen molar-refractivity contribution >= 4 is 28.7 Å². The van der Waals surface area contributed by atoms with E-state index in [1.54, 1.807) is 6.20 Å². The minimum Gasteiger partial charge on any atom is -0.470 e. The van der Waals surface area contributed by atoms with Gasteiger partial charge in [0.2, 0.25) is 5.88 Å².